The van der Waals surface area contributed by atoms with Crippen molar-refractivity contribution >= 4 is 37.3 Å². The Balaban J connectivity index is 2.89. The molecule has 7 nitrogen and oxygen atoms in total. The molecule has 0 amide bonds. The molecule has 0 saturated heterocycles. The lowest BCUT2D eigenvalue weighted by Crippen LogP contribution is -2.24. The molecule has 0 aromatic heterocycles. The lowest BCUT2D eigenvalue weighted by Gasteiger charge is -2.09. The third kappa shape index (κ3) is 4.24. The Labute approximate surface area is 113 Å². The van der Waals surface area contributed by atoms with Crippen molar-refractivity contribution in [1.82, 2.24) is 5.32 Å². The van der Waals surface area contributed by atoms with Gasteiger partial charge in [0.2, 0.25) is 10.0 Å². The van der Waals surface area contributed by atoms with E-state index in [0.717, 1.165) is 0 Å². The highest BCUT2D eigenvalue weighted by molar-refractivity contribution is 9.10. The Hall–Kier alpha value is -1.19. The summed E-state index contributed by atoms with van der Waals surface area (Å²) in [5.41, 5.74) is 0.164. The van der Waals surface area contributed by atoms with Gasteiger partial charge in [-0.1, -0.05) is 0 Å². The van der Waals surface area contributed by atoms with E-state index >= 15 is 0 Å². The summed E-state index contributed by atoms with van der Waals surface area (Å²) in [5, 5.41) is 13.3. The highest BCUT2D eigenvalue weighted by Crippen LogP contribution is 2.27. The molecule has 0 bridgehead atoms. The first kappa shape index (κ1) is 14.9. The minimum Gasteiger partial charge on any atom is -0.319 e. The van der Waals surface area contributed by atoms with Crippen LogP contribution in [0.2, 0.25) is 0 Å². The molecule has 2 N–H and O–H groups in total. The van der Waals surface area contributed by atoms with Gasteiger partial charge >= 0.3 is 0 Å². The van der Waals surface area contributed by atoms with Crippen LogP contribution in [0.5, 0.6) is 0 Å². The molecule has 0 aliphatic heterocycles. The lowest BCUT2D eigenvalue weighted by molar-refractivity contribution is -0.384. The maximum Gasteiger partial charge on any atom is 0.270 e. The Morgan fingerprint density at radius 2 is 2.11 bits per heavy atom. The summed E-state index contributed by atoms with van der Waals surface area (Å²) in [4.78, 5) is 9.98. The largest absolute Gasteiger partial charge is 0.319 e. The maximum absolute atomic E-state index is 11.6. The van der Waals surface area contributed by atoms with Gasteiger partial charge in [-0.05, 0) is 29.0 Å². The number of sulfonamides is 1. The van der Waals surface area contributed by atoms with E-state index in [4.69, 9.17) is 0 Å². The summed E-state index contributed by atoms with van der Waals surface area (Å²) in [6, 6.07) is 3.83. The van der Waals surface area contributed by atoms with E-state index < -0.39 is 14.9 Å². The molecule has 1 aromatic carbocycles. The number of anilines is 1. The second-order valence-electron chi connectivity index (χ2n) is 3.45. The molecule has 1 aromatic rings. The fourth-order valence-corrected chi connectivity index (χ4v) is 2.84. The highest BCUT2D eigenvalue weighted by Gasteiger charge is 2.14. The molecule has 0 fully saturated rings. The minimum absolute atomic E-state index is 0.0765. The molecule has 0 aliphatic rings. The Morgan fingerprint density at radius 3 is 2.61 bits per heavy atom. The number of rotatable bonds is 6. The molecule has 100 valence electrons. The summed E-state index contributed by atoms with van der Waals surface area (Å²) >= 11 is 3.09. The summed E-state index contributed by atoms with van der Waals surface area (Å²) in [6.45, 7) is 0.319. The van der Waals surface area contributed by atoms with Crippen LogP contribution in [0.3, 0.4) is 0 Å². The SMILES string of the molecule is CNCCS(=O)(=O)Nc1ccc([N+](=O)[O-])cc1Br. The number of benzene rings is 1. The fourth-order valence-electron chi connectivity index (χ4n) is 1.16. The third-order valence-electron chi connectivity index (χ3n) is 2.05. The molecular weight excluding hydrogens is 326 g/mol. The molecule has 0 spiro atoms. The molecule has 0 heterocycles. The van der Waals surface area contributed by atoms with Crippen LogP contribution < -0.4 is 10.0 Å². The predicted octanol–water partition coefficient (Wildman–Crippen LogP) is 1.32. The minimum atomic E-state index is -3.46. The van der Waals surface area contributed by atoms with Crippen LogP contribution in [0.15, 0.2) is 22.7 Å². The average molecular weight is 338 g/mol. The van der Waals surface area contributed by atoms with Crippen molar-refractivity contribution in [3.05, 3.63) is 32.8 Å². The van der Waals surface area contributed by atoms with Crippen LogP contribution in [0.25, 0.3) is 0 Å². The monoisotopic (exact) mass is 337 g/mol. The Bertz CT molecular complexity index is 547. The number of hydrogen-bond acceptors (Lipinski definition) is 5. The van der Waals surface area contributed by atoms with Crippen LogP contribution in [-0.2, 0) is 10.0 Å². The number of nitrogens with zero attached hydrogens (tertiary/aromatic N) is 1. The van der Waals surface area contributed by atoms with Crippen molar-refractivity contribution < 1.29 is 13.3 Å². The van der Waals surface area contributed by atoms with Crippen molar-refractivity contribution in [2.45, 2.75) is 0 Å². The van der Waals surface area contributed by atoms with Crippen LogP contribution in [-0.4, -0.2) is 32.7 Å². The summed E-state index contributed by atoms with van der Waals surface area (Å²) in [7, 11) is -1.81. The summed E-state index contributed by atoms with van der Waals surface area (Å²) in [5.74, 6) is -0.0765. The van der Waals surface area contributed by atoms with Gasteiger partial charge in [0.1, 0.15) is 0 Å². The van der Waals surface area contributed by atoms with Gasteiger partial charge in [-0.2, -0.15) is 0 Å². The summed E-state index contributed by atoms with van der Waals surface area (Å²) < 4.78 is 25.9. The lowest BCUT2D eigenvalue weighted by atomic mass is 10.3. The van der Waals surface area contributed by atoms with E-state index in [0.29, 0.717) is 11.0 Å². The van der Waals surface area contributed by atoms with E-state index in [9.17, 15) is 18.5 Å². The number of nitro benzene ring substituents is 1. The van der Waals surface area contributed by atoms with Crippen LogP contribution >= 0.6 is 15.9 Å². The van der Waals surface area contributed by atoms with Gasteiger partial charge < -0.3 is 5.32 Å². The first-order valence-corrected chi connectivity index (χ1v) is 7.39. The first-order valence-electron chi connectivity index (χ1n) is 4.95. The number of halogens is 1. The number of nitro groups is 1. The topological polar surface area (TPSA) is 101 Å². The van der Waals surface area contributed by atoms with E-state index in [1.165, 1.54) is 18.2 Å². The second kappa shape index (κ2) is 6.12. The molecule has 0 radical (unpaired) electrons. The fraction of sp³-hybridized carbons (Fsp3) is 0.333. The van der Waals surface area contributed by atoms with E-state index in [1.54, 1.807) is 7.05 Å². The van der Waals surface area contributed by atoms with Gasteiger partial charge in [-0.25, -0.2) is 8.42 Å². The number of nitrogens with one attached hydrogen (secondary N) is 2. The molecule has 1 rings (SSSR count). The molecule has 0 atom stereocenters. The van der Waals surface area contributed by atoms with Gasteiger partial charge in [-0.3, -0.25) is 14.8 Å². The zero-order chi connectivity index (χ0) is 13.8. The summed E-state index contributed by atoms with van der Waals surface area (Å²) in [6.07, 6.45) is 0. The zero-order valence-electron chi connectivity index (χ0n) is 9.51. The van der Waals surface area contributed by atoms with E-state index in [-0.39, 0.29) is 17.1 Å². The predicted molar refractivity (Wildman–Crippen MR) is 72.1 cm³/mol. The number of non-ortho nitro benzene ring substituents is 1. The van der Waals surface area contributed by atoms with Crippen molar-refractivity contribution in [3.8, 4) is 0 Å². The highest BCUT2D eigenvalue weighted by atomic mass is 79.9. The molecule has 18 heavy (non-hydrogen) atoms. The molecular formula is C9H12BrN3O4S. The molecule has 0 unspecified atom stereocenters. The van der Waals surface area contributed by atoms with Crippen LogP contribution in [0.1, 0.15) is 0 Å². The zero-order valence-corrected chi connectivity index (χ0v) is 11.9. The maximum atomic E-state index is 11.6. The average Bonchev–Trinajstić information content (AvgIpc) is 2.29. The van der Waals surface area contributed by atoms with Gasteiger partial charge in [0.25, 0.3) is 5.69 Å². The quantitative estimate of drug-likeness (QED) is 0.602. The van der Waals surface area contributed by atoms with Gasteiger partial charge in [0.15, 0.2) is 0 Å². The Morgan fingerprint density at radius 1 is 1.44 bits per heavy atom. The van der Waals surface area contributed by atoms with Crippen molar-refractivity contribution in [3.63, 3.8) is 0 Å². The van der Waals surface area contributed by atoms with Crippen molar-refractivity contribution in [2.75, 3.05) is 24.1 Å². The second-order valence-corrected chi connectivity index (χ2v) is 6.14. The van der Waals surface area contributed by atoms with Crippen molar-refractivity contribution in [1.29, 1.82) is 0 Å². The normalized spacial score (nSPS) is 11.2. The van der Waals surface area contributed by atoms with E-state index in [2.05, 4.69) is 26.0 Å². The van der Waals surface area contributed by atoms with Gasteiger partial charge in [0.05, 0.1) is 16.4 Å². The molecule has 0 aliphatic carbocycles. The van der Waals surface area contributed by atoms with Crippen molar-refractivity contribution in [2.24, 2.45) is 0 Å². The first-order chi connectivity index (χ1) is 8.35. The third-order valence-corrected chi connectivity index (χ3v) is 3.98. The molecule has 9 heteroatoms. The standard InChI is InChI=1S/C9H12BrN3O4S/c1-11-4-5-18(16,17)12-9-3-2-7(13(14)15)6-8(9)10/h2-3,6,11-12H,4-5H2,1H3. The molecule has 0 saturated carbocycles. The van der Waals surface area contributed by atoms with Crippen LogP contribution in [0.4, 0.5) is 11.4 Å². The van der Waals surface area contributed by atoms with Crippen LogP contribution in [0, 0.1) is 10.1 Å². The van der Waals surface area contributed by atoms with E-state index in [1.807, 2.05) is 0 Å². The Kier molecular flexibility index (Phi) is 5.05. The smallest absolute Gasteiger partial charge is 0.270 e. The number of hydrogen-bond donors (Lipinski definition) is 2. The van der Waals surface area contributed by atoms with Gasteiger partial charge in [0, 0.05) is 23.2 Å². The van der Waals surface area contributed by atoms with Gasteiger partial charge in [-0.15, -0.1) is 0 Å².